The molecule has 0 aliphatic carbocycles. The smallest absolute Gasteiger partial charge is 0.128 e. The van der Waals surface area contributed by atoms with Gasteiger partial charge in [-0.25, -0.2) is 0 Å². The first-order chi connectivity index (χ1) is 7.18. The van der Waals surface area contributed by atoms with Crippen LogP contribution in [0.5, 0.6) is 0 Å². The average Bonchev–Trinajstić information content (AvgIpc) is 2.74. The predicted octanol–water partition coefficient (Wildman–Crippen LogP) is 3.52. The van der Waals surface area contributed by atoms with Crippen LogP contribution in [0.4, 0.5) is 0 Å². The molecule has 1 N–H and O–H groups in total. The molecule has 1 heterocycles. The molecule has 0 atom stereocenters. The Labute approximate surface area is 103 Å². The molecule has 1 aromatic rings. The molecular weight excluding hydrogens is 275 g/mol. The van der Waals surface area contributed by atoms with Gasteiger partial charge in [0.2, 0.25) is 0 Å². The van der Waals surface area contributed by atoms with Gasteiger partial charge in [0.25, 0.3) is 0 Å². The number of hydrogen-bond donors (Lipinski definition) is 1. The number of nitrogens with one attached hydrogen (secondary N) is 1. The molecule has 15 heavy (non-hydrogen) atoms. The number of benzene rings is 1. The molecule has 1 aliphatic heterocycles. The molecule has 1 aliphatic rings. The first-order valence-electron chi connectivity index (χ1n) is 4.97. The molecule has 0 amide bonds. The van der Waals surface area contributed by atoms with Gasteiger partial charge in [-0.1, -0.05) is 11.6 Å². The topological polar surface area (TPSA) is 27.1 Å². The van der Waals surface area contributed by atoms with Gasteiger partial charge in [-0.05, 0) is 47.0 Å². The van der Waals surface area contributed by atoms with Crippen molar-refractivity contribution in [1.82, 2.24) is 4.90 Å². The quantitative estimate of drug-likeness (QED) is 0.621. The Balaban J connectivity index is 2.21. The molecule has 80 valence electrons. The fourth-order valence-corrected chi connectivity index (χ4v) is 2.26. The number of likely N-dealkylation sites (tertiary alicyclic amines) is 1. The van der Waals surface area contributed by atoms with E-state index in [0.29, 0.717) is 10.9 Å². The predicted molar refractivity (Wildman–Crippen MR) is 66.8 cm³/mol. The van der Waals surface area contributed by atoms with Gasteiger partial charge in [-0.2, -0.15) is 0 Å². The number of nitrogens with zero attached hydrogens (tertiary/aromatic N) is 1. The molecule has 2 nitrogen and oxygen atoms in total. The van der Waals surface area contributed by atoms with E-state index in [9.17, 15) is 0 Å². The molecule has 0 radical (unpaired) electrons. The minimum atomic E-state index is 0.602. The second kappa shape index (κ2) is 4.54. The maximum atomic E-state index is 8.06. The first-order valence-corrected chi connectivity index (χ1v) is 6.14. The summed E-state index contributed by atoms with van der Waals surface area (Å²) in [7, 11) is 0. The molecule has 1 saturated heterocycles. The van der Waals surface area contributed by atoms with Crippen molar-refractivity contribution < 1.29 is 0 Å². The van der Waals surface area contributed by atoms with Gasteiger partial charge in [-0.3, -0.25) is 5.41 Å². The van der Waals surface area contributed by atoms with E-state index >= 15 is 0 Å². The monoisotopic (exact) mass is 286 g/mol. The van der Waals surface area contributed by atoms with E-state index in [2.05, 4.69) is 20.8 Å². The Bertz CT molecular complexity index is 386. The minimum Gasteiger partial charge on any atom is -0.357 e. The first kappa shape index (κ1) is 11.0. The van der Waals surface area contributed by atoms with Crippen LogP contribution in [0.1, 0.15) is 18.4 Å². The van der Waals surface area contributed by atoms with Crippen LogP contribution < -0.4 is 0 Å². The third-order valence-corrected chi connectivity index (χ3v) is 3.83. The van der Waals surface area contributed by atoms with Crippen LogP contribution >= 0.6 is 27.5 Å². The van der Waals surface area contributed by atoms with Gasteiger partial charge in [0.05, 0.1) is 5.02 Å². The summed E-state index contributed by atoms with van der Waals surface area (Å²) >= 11 is 9.29. The van der Waals surface area contributed by atoms with Gasteiger partial charge in [-0.15, -0.1) is 0 Å². The highest BCUT2D eigenvalue weighted by Gasteiger charge is 2.16. The number of hydrogen-bond acceptors (Lipinski definition) is 1. The molecule has 0 saturated carbocycles. The Morgan fingerprint density at radius 1 is 1.33 bits per heavy atom. The van der Waals surface area contributed by atoms with E-state index in [1.165, 1.54) is 12.8 Å². The number of halogens is 2. The highest BCUT2D eigenvalue weighted by molar-refractivity contribution is 9.10. The summed E-state index contributed by atoms with van der Waals surface area (Å²) in [5.41, 5.74) is 0.924. The Morgan fingerprint density at radius 3 is 2.60 bits per heavy atom. The summed E-state index contributed by atoms with van der Waals surface area (Å²) in [5.74, 6) is 0.602. The molecular formula is C11H12BrClN2. The zero-order chi connectivity index (χ0) is 10.8. The Kier molecular flexibility index (Phi) is 3.32. The highest BCUT2D eigenvalue weighted by Crippen LogP contribution is 2.24. The third-order valence-electron chi connectivity index (χ3n) is 2.62. The fourth-order valence-electron chi connectivity index (χ4n) is 1.77. The van der Waals surface area contributed by atoms with Crippen LogP contribution in [0, 0.1) is 5.41 Å². The zero-order valence-electron chi connectivity index (χ0n) is 8.26. The van der Waals surface area contributed by atoms with Crippen molar-refractivity contribution in [3.05, 3.63) is 33.3 Å². The molecule has 1 aromatic carbocycles. The van der Waals surface area contributed by atoms with Crippen LogP contribution in [-0.2, 0) is 0 Å². The summed E-state index contributed by atoms with van der Waals surface area (Å²) in [4.78, 5) is 2.11. The molecule has 0 bridgehead atoms. The van der Waals surface area contributed by atoms with Gasteiger partial charge in [0, 0.05) is 23.1 Å². The van der Waals surface area contributed by atoms with E-state index in [1.54, 1.807) is 0 Å². The van der Waals surface area contributed by atoms with E-state index < -0.39 is 0 Å². The number of amidine groups is 1. The van der Waals surface area contributed by atoms with Gasteiger partial charge < -0.3 is 4.90 Å². The molecule has 0 aromatic heterocycles. The molecule has 1 fully saturated rings. The van der Waals surface area contributed by atoms with Crippen LogP contribution in [0.25, 0.3) is 0 Å². The van der Waals surface area contributed by atoms with Crippen molar-refractivity contribution >= 4 is 33.4 Å². The molecule has 0 spiro atoms. The van der Waals surface area contributed by atoms with E-state index in [0.717, 1.165) is 23.1 Å². The van der Waals surface area contributed by atoms with E-state index in [4.69, 9.17) is 17.0 Å². The number of rotatable bonds is 1. The van der Waals surface area contributed by atoms with Crippen LogP contribution in [-0.4, -0.2) is 23.8 Å². The van der Waals surface area contributed by atoms with Gasteiger partial charge >= 0.3 is 0 Å². The van der Waals surface area contributed by atoms with Gasteiger partial charge in [0.15, 0.2) is 0 Å². The molecule has 0 unspecified atom stereocenters. The second-order valence-corrected chi connectivity index (χ2v) is 4.93. The van der Waals surface area contributed by atoms with Crippen LogP contribution in [0.3, 0.4) is 0 Å². The fraction of sp³-hybridized carbons (Fsp3) is 0.364. The summed E-state index contributed by atoms with van der Waals surface area (Å²) in [6.07, 6.45) is 2.38. The Hall–Kier alpha value is -0.540. The molecule has 4 heteroatoms. The average molecular weight is 288 g/mol. The van der Waals surface area contributed by atoms with Crippen LogP contribution in [0.15, 0.2) is 22.7 Å². The van der Waals surface area contributed by atoms with Gasteiger partial charge in [0.1, 0.15) is 5.84 Å². The highest BCUT2D eigenvalue weighted by atomic mass is 79.9. The minimum absolute atomic E-state index is 0.602. The maximum Gasteiger partial charge on any atom is 0.128 e. The van der Waals surface area contributed by atoms with Crippen molar-refractivity contribution in [3.8, 4) is 0 Å². The zero-order valence-corrected chi connectivity index (χ0v) is 10.6. The maximum absolute atomic E-state index is 8.06. The second-order valence-electron chi connectivity index (χ2n) is 3.67. The lowest BCUT2D eigenvalue weighted by Crippen LogP contribution is -2.27. The van der Waals surface area contributed by atoms with Crippen molar-refractivity contribution in [3.63, 3.8) is 0 Å². The largest absolute Gasteiger partial charge is 0.357 e. The lowest BCUT2D eigenvalue weighted by molar-refractivity contribution is 0.517. The molecule has 2 rings (SSSR count). The normalized spacial score (nSPS) is 15.7. The van der Waals surface area contributed by atoms with E-state index in [1.807, 2.05) is 18.2 Å². The summed E-state index contributed by atoms with van der Waals surface area (Å²) in [5, 5.41) is 8.74. The van der Waals surface area contributed by atoms with Crippen molar-refractivity contribution in [2.45, 2.75) is 12.8 Å². The lowest BCUT2D eigenvalue weighted by atomic mass is 10.2. The third kappa shape index (κ3) is 2.34. The van der Waals surface area contributed by atoms with Crippen molar-refractivity contribution in [2.24, 2.45) is 0 Å². The standard InChI is InChI=1S/C11H12BrClN2/c12-9-7-8(3-4-10(9)13)11(14)15-5-1-2-6-15/h3-4,7,14H,1-2,5-6H2. The van der Waals surface area contributed by atoms with Crippen molar-refractivity contribution in [1.29, 1.82) is 5.41 Å². The van der Waals surface area contributed by atoms with Crippen LogP contribution in [0.2, 0.25) is 5.02 Å². The van der Waals surface area contributed by atoms with E-state index in [-0.39, 0.29) is 0 Å². The summed E-state index contributed by atoms with van der Waals surface area (Å²) < 4.78 is 0.852. The Morgan fingerprint density at radius 2 is 2.00 bits per heavy atom. The SMILES string of the molecule is N=C(c1ccc(Cl)c(Br)c1)N1CCCC1. The lowest BCUT2D eigenvalue weighted by Gasteiger charge is -2.18. The summed E-state index contributed by atoms with van der Waals surface area (Å²) in [6.45, 7) is 2.00. The summed E-state index contributed by atoms with van der Waals surface area (Å²) in [6, 6.07) is 5.63. The van der Waals surface area contributed by atoms with Crippen molar-refractivity contribution in [2.75, 3.05) is 13.1 Å².